The number of likely N-dealkylation sites (N-methyl/N-ethyl adjacent to an activating group) is 1. The summed E-state index contributed by atoms with van der Waals surface area (Å²) in [5.41, 5.74) is 2.38. The molecule has 0 N–H and O–H groups in total. The second-order valence-corrected chi connectivity index (χ2v) is 5.55. The Morgan fingerprint density at radius 1 is 1.32 bits per heavy atom. The van der Waals surface area contributed by atoms with Crippen LogP contribution in [0.3, 0.4) is 0 Å². The van der Waals surface area contributed by atoms with Crippen molar-refractivity contribution in [3.8, 4) is 11.8 Å². The van der Waals surface area contributed by atoms with Crippen molar-refractivity contribution in [3.63, 3.8) is 0 Å². The molecule has 0 atom stereocenters. The fourth-order valence-electron chi connectivity index (χ4n) is 2.31. The molecular weight excluding hydrogens is 318 g/mol. The van der Waals surface area contributed by atoms with Crippen LogP contribution in [0.5, 0.6) is 5.75 Å². The molecule has 0 radical (unpaired) electrons. The maximum atomic E-state index is 10.9. The van der Waals surface area contributed by atoms with Crippen LogP contribution in [0.15, 0.2) is 54.6 Å². The molecular formula is C19H19N3O3. The zero-order valence-corrected chi connectivity index (χ0v) is 14.2. The average molecular weight is 337 g/mol. The molecule has 6 heteroatoms. The predicted octanol–water partition coefficient (Wildman–Crippen LogP) is 3.78. The fraction of sp³-hybridized carbons (Fsp3) is 0.211. The zero-order valence-electron chi connectivity index (χ0n) is 14.2. The van der Waals surface area contributed by atoms with E-state index in [2.05, 4.69) is 0 Å². The van der Waals surface area contributed by atoms with Crippen LogP contribution in [-0.2, 0) is 0 Å². The molecule has 0 bridgehead atoms. The van der Waals surface area contributed by atoms with Crippen LogP contribution in [-0.4, -0.2) is 30.0 Å². The molecule has 0 saturated carbocycles. The minimum absolute atomic E-state index is 0.00866. The number of rotatable bonds is 7. The van der Waals surface area contributed by atoms with Gasteiger partial charge in [-0.05, 0) is 19.1 Å². The van der Waals surface area contributed by atoms with Gasteiger partial charge in [-0.25, -0.2) is 0 Å². The Balaban J connectivity index is 2.05. The van der Waals surface area contributed by atoms with Crippen LogP contribution in [0.25, 0.3) is 5.70 Å². The first kappa shape index (κ1) is 18.0. The number of non-ortho nitro benzene ring substituents is 1. The number of hydrogen-bond donors (Lipinski definition) is 0. The van der Waals surface area contributed by atoms with E-state index in [1.54, 1.807) is 12.1 Å². The lowest BCUT2D eigenvalue weighted by Crippen LogP contribution is -2.23. The van der Waals surface area contributed by atoms with Crippen LogP contribution < -0.4 is 4.74 Å². The zero-order chi connectivity index (χ0) is 18.2. The average Bonchev–Trinajstić information content (AvgIpc) is 2.61. The number of allylic oxidation sites excluding steroid dienone is 1. The molecule has 0 aromatic heterocycles. The summed E-state index contributed by atoms with van der Waals surface area (Å²) in [5.74, 6) is 0.778. The van der Waals surface area contributed by atoms with Crippen molar-refractivity contribution in [1.29, 1.82) is 5.26 Å². The molecule has 0 unspecified atom stereocenters. The highest BCUT2D eigenvalue weighted by atomic mass is 16.6. The van der Waals surface area contributed by atoms with Gasteiger partial charge in [-0.15, -0.1) is 0 Å². The highest BCUT2D eigenvalue weighted by Gasteiger charge is 2.12. The Hall–Kier alpha value is -3.33. The van der Waals surface area contributed by atoms with Crippen LogP contribution in [0, 0.1) is 28.4 Å². The highest BCUT2D eigenvalue weighted by molar-refractivity contribution is 5.67. The van der Waals surface area contributed by atoms with Gasteiger partial charge in [0.15, 0.2) is 0 Å². The summed E-state index contributed by atoms with van der Waals surface area (Å²) in [4.78, 5) is 12.3. The molecule has 0 aliphatic rings. The number of nitro benzene ring substituents is 1. The van der Waals surface area contributed by atoms with E-state index in [1.807, 2.05) is 49.2 Å². The van der Waals surface area contributed by atoms with Gasteiger partial charge in [0.1, 0.15) is 12.4 Å². The van der Waals surface area contributed by atoms with E-state index in [9.17, 15) is 10.1 Å². The minimum Gasteiger partial charge on any atom is -0.492 e. The number of hydrogen-bond acceptors (Lipinski definition) is 5. The number of nitriles is 1. The highest BCUT2D eigenvalue weighted by Crippen LogP contribution is 2.22. The summed E-state index contributed by atoms with van der Waals surface area (Å²) >= 11 is 0. The van der Waals surface area contributed by atoms with E-state index in [-0.39, 0.29) is 5.69 Å². The van der Waals surface area contributed by atoms with Crippen molar-refractivity contribution in [1.82, 2.24) is 4.90 Å². The van der Waals surface area contributed by atoms with Gasteiger partial charge in [-0.2, -0.15) is 5.26 Å². The molecule has 0 spiro atoms. The molecule has 2 aromatic rings. The van der Waals surface area contributed by atoms with E-state index in [0.29, 0.717) is 24.4 Å². The van der Waals surface area contributed by atoms with E-state index >= 15 is 0 Å². The molecule has 2 rings (SSSR count). The van der Waals surface area contributed by atoms with Gasteiger partial charge in [0.05, 0.1) is 23.2 Å². The van der Waals surface area contributed by atoms with Gasteiger partial charge < -0.3 is 9.64 Å². The Morgan fingerprint density at radius 3 is 2.68 bits per heavy atom. The smallest absolute Gasteiger partial charge is 0.270 e. The normalized spacial score (nSPS) is 10.8. The number of ether oxygens (including phenoxy) is 1. The number of benzene rings is 2. The molecule has 2 aromatic carbocycles. The lowest BCUT2D eigenvalue weighted by molar-refractivity contribution is -0.384. The first-order valence-corrected chi connectivity index (χ1v) is 7.76. The van der Waals surface area contributed by atoms with Crippen molar-refractivity contribution in [2.45, 2.75) is 6.92 Å². The quantitative estimate of drug-likeness (QED) is 0.436. The predicted molar refractivity (Wildman–Crippen MR) is 96.0 cm³/mol. The van der Waals surface area contributed by atoms with Crippen molar-refractivity contribution < 1.29 is 9.66 Å². The standard InChI is InChI=1S/C19H19N3O3/c1-15-6-8-18(9-7-15)25-13-12-21(2)19(10-11-20)16-4-3-5-17(14-16)22(23)24/h3-10,14H,12-13H2,1-2H3/b19-10+. The summed E-state index contributed by atoms with van der Waals surface area (Å²) < 4.78 is 5.70. The summed E-state index contributed by atoms with van der Waals surface area (Å²) in [7, 11) is 1.82. The van der Waals surface area contributed by atoms with Crippen molar-refractivity contribution in [2.75, 3.05) is 20.2 Å². The number of nitrogens with zero attached hydrogens (tertiary/aromatic N) is 3. The first-order chi connectivity index (χ1) is 12.0. The molecule has 6 nitrogen and oxygen atoms in total. The van der Waals surface area contributed by atoms with Crippen molar-refractivity contribution in [3.05, 3.63) is 75.8 Å². The van der Waals surface area contributed by atoms with Gasteiger partial charge >= 0.3 is 0 Å². The largest absolute Gasteiger partial charge is 0.492 e. The maximum Gasteiger partial charge on any atom is 0.270 e. The number of aryl methyl sites for hydroxylation is 1. The molecule has 0 amide bonds. The first-order valence-electron chi connectivity index (χ1n) is 7.76. The van der Waals surface area contributed by atoms with Gasteiger partial charge in [0.25, 0.3) is 5.69 Å². The van der Waals surface area contributed by atoms with Crippen LogP contribution >= 0.6 is 0 Å². The lowest BCUT2D eigenvalue weighted by Gasteiger charge is -2.22. The molecule has 0 fully saturated rings. The van der Waals surface area contributed by atoms with E-state index < -0.39 is 4.92 Å². The SMILES string of the molecule is Cc1ccc(OCCN(C)/C(=C/C#N)c2cccc([N+](=O)[O-])c2)cc1. The Morgan fingerprint density at radius 2 is 2.04 bits per heavy atom. The summed E-state index contributed by atoms with van der Waals surface area (Å²) in [6.07, 6.45) is 1.38. The van der Waals surface area contributed by atoms with E-state index in [0.717, 1.165) is 11.3 Å². The Labute approximate surface area is 146 Å². The molecule has 25 heavy (non-hydrogen) atoms. The van der Waals surface area contributed by atoms with Gasteiger partial charge in [0.2, 0.25) is 0 Å². The second kappa shape index (κ2) is 8.50. The summed E-state index contributed by atoms with van der Waals surface area (Å²) in [6.45, 7) is 2.97. The van der Waals surface area contributed by atoms with Crippen LogP contribution in [0.1, 0.15) is 11.1 Å². The monoisotopic (exact) mass is 337 g/mol. The van der Waals surface area contributed by atoms with Crippen LogP contribution in [0.2, 0.25) is 0 Å². The van der Waals surface area contributed by atoms with Gasteiger partial charge in [0, 0.05) is 30.8 Å². The molecule has 0 aliphatic carbocycles. The Bertz CT molecular complexity index is 807. The number of nitro groups is 1. The fourth-order valence-corrected chi connectivity index (χ4v) is 2.31. The Kier molecular flexibility index (Phi) is 6.13. The van der Waals surface area contributed by atoms with Crippen molar-refractivity contribution in [2.24, 2.45) is 0 Å². The molecule has 128 valence electrons. The summed E-state index contributed by atoms with van der Waals surface area (Å²) in [6, 6.07) is 16.0. The second-order valence-electron chi connectivity index (χ2n) is 5.55. The maximum absolute atomic E-state index is 10.9. The van der Waals surface area contributed by atoms with Crippen molar-refractivity contribution >= 4 is 11.4 Å². The van der Waals surface area contributed by atoms with Gasteiger partial charge in [-0.3, -0.25) is 10.1 Å². The minimum atomic E-state index is -0.450. The van der Waals surface area contributed by atoms with E-state index in [4.69, 9.17) is 10.00 Å². The third-order valence-electron chi connectivity index (χ3n) is 3.68. The third kappa shape index (κ3) is 5.08. The van der Waals surface area contributed by atoms with Gasteiger partial charge in [-0.1, -0.05) is 29.8 Å². The molecule has 0 aliphatic heterocycles. The summed E-state index contributed by atoms with van der Waals surface area (Å²) in [5, 5.41) is 20.0. The van der Waals surface area contributed by atoms with Crippen LogP contribution in [0.4, 0.5) is 5.69 Å². The topological polar surface area (TPSA) is 79.4 Å². The molecule has 0 heterocycles. The van der Waals surface area contributed by atoms with E-state index in [1.165, 1.54) is 18.2 Å². The lowest BCUT2D eigenvalue weighted by atomic mass is 10.1. The molecule has 0 saturated heterocycles. The third-order valence-corrected chi connectivity index (χ3v) is 3.68.